The molecule has 108 valence electrons. The Bertz CT molecular complexity index is 522. The van der Waals surface area contributed by atoms with Gasteiger partial charge in [0.1, 0.15) is 5.75 Å². The van der Waals surface area contributed by atoms with Gasteiger partial charge >= 0.3 is 0 Å². The zero-order chi connectivity index (χ0) is 14.4. The van der Waals surface area contributed by atoms with Gasteiger partial charge in [0.25, 0.3) is 0 Å². The van der Waals surface area contributed by atoms with E-state index >= 15 is 0 Å². The molecule has 2 rings (SSSR count). The third-order valence-electron chi connectivity index (χ3n) is 3.07. The maximum Gasteiger partial charge on any atom is 0.233 e. The van der Waals surface area contributed by atoms with Crippen LogP contribution in [0.2, 0.25) is 0 Å². The Kier molecular flexibility index (Phi) is 5.12. The lowest BCUT2D eigenvalue weighted by Crippen LogP contribution is -2.19. The van der Waals surface area contributed by atoms with Gasteiger partial charge in [0.2, 0.25) is 11.8 Å². The third-order valence-corrected chi connectivity index (χ3v) is 3.07. The molecule has 5 heteroatoms. The van der Waals surface area contributed by atoms with Crippen LogP contribution in [-0.2, 0) is 6.42 Å². The van der Waals surface area contributed by atoms with E-state index in [1.807, 2.05) is 31.2 Å². The molecule has 1 aromatic heterocycles. The molecule has 0 aliphatic heterocycles. The average Bonchev–Trinajstić information content (AvgIpc) is 2.94. The summed E-state index contributed by atoms with van der Waals surface area (Å²) in [5, 5.41) is 11.5. The van der Waals surface area contributed by atoms with E-state index in [1.54, 1.807) is 7.11 Å². The molecule has 0 bridgehead atoms. The lowest BCUT2D eigenvalue weighted by molar-refractivity contribution is 0.397. The van der Waals surface area contributed by atoms with Crippen LogP contribution in [0.4, 0.5) is 0 Å². The predicted molar refractivity (Wildman–Crippen MR) is 76.8 cm³/mol. The maximum absolute atomic E-state index is 5.69. The molecule has 0 spiro atoms. The van der Waals surface area contributed by atoms with E-state index in [9.17, 15) is 0 Å². The highest BCUT2D eigenvalue weighted by atomic mass is 16.5. The van der Waals surface area contributed by atoms with Crippen molar-refractivity contribution in [3.63, 3.8) is 0 Å². The Hall–Kier alpha value is -1.88. The van der Waals surface area contributed by atoms with Crippen LogP contribution in [0.25, 0.3) is 0 Å². The normalized spacial score (nSPS) is 12.3. The summed E-state index contributed by atoms with van der Waals surface area (Å²) < 4.78 is 10.8. The van der Waals surface area contributed by atoms with Crippen molar-refractivity contribution < 1.29 is 9.15 Å². The van der Waals surface area contributed by atoms with Crippen LogP contribution >= 0.6 is 0 Å². The summed E-state index contributed by atoms with van der Waals surface area (Å²) >= 11 is 0. The van der Waals surface area contributed by atoms with Gasteiger partial charge in [-0.15, -0.1) is 10.2 Å². The van der Waals surface area contributed by atoms with Gasteiger partial charge in [-0.2, -0.15) is 0 Å². The second-order valence-electron chi connectivity index (χ2n) is 4.73. The first-order chi connectivity index (χ1) is 9.72. The molecule has 5 nitrogen and oxygen atoms in total. The molecular formula is C15H21N3O2. The molecule has 0 fully saturated rings. The molecule has 1 heterocycles. The smallest absolute Gasteiger partial charge is 0.233 e. The Morgan fingerprint density at radius 1 is 1.25 bits per heavy atom. The number of rotatable bonds is 7. The van der Waals surface area contributed by atoms with Crippen molar-refractivity contribution >= 4 is 0 Å². The van der Waals surface area contributed by atoms with Crippen molar-refractivity contribution in [3.8, 4) is 5.75 Å². The van der Waals surface area contributed by atoms with Gasteiger partial charge in [0.05, 0.1) is 19.6 Å². The minimum Gasteiger partial charge on any atom is -0.497 e. The van der Waals surface area contributed by atoms with Crippen LogP contribution in [0, 0.1) is 0 Å². The number of hydrogen-bond acceptors (Lipinski definition) is 5. The van der Waals surface area contributed by atoms with E-state index in [4.69, 9.17) is 9.15 Å². The number of aromatic nitrogens is 2. The molecule has 0 amide bonds. The van der Waals surface area contributed by atoms with Crippen LogP contribution in [-0.4, -0.2) is 23.9 Å². The van der Waals surface area contributed by atoms with E-state index in [1.165, 1.54) is 0 Å². The molecule has 0 aliphatic carbocycles. The Balaban J connectivity index is 1.97. The predicted octanol–water partition coefficient (Wildman–Crippen LogP) is 2.73. The van der Waals surface area contributed by atoms with E-state index < -0.39 is 0 Å². The molecule has 20 heavy (non-hydrogen) atoms. The lowest BCUT2D eigenvalue weighted by Gasteiger charge is -2.07. The zero-order valence-corrected chi connectivity index (χ0v) is 12.2. The second-order valence-corrected chi connectivity index (χ2v) is 4.73. The SMILES string of the molecule is CCCNC(C)c1nnc(Cc2ccc(OC)cc2)o1. The first-order valence-corrected chi connectivity index (χ1v) is 6.91. The average molecular weight is 275 g/mol. The van der Waals surface area contributed by atoms with Crippen molar-refractivity contribution in [2.45, 2.75) is 32.7 Å². The van der Waals surface area contributed by atoms with Gasteiger partial charge in [-0.3, -0.25) is 0 Å². The maximum atomic E-state index is 5.69. The summed E-state index contributed by atoms with van der Waals surface area (Å²) in [5.74, 6) is 2.12. The first kappa shape index (κ1) is 14.5. The van der Waals surface area contributed by atoms with Gasteiger partial charge < -0.3 is 14.5 Å². The van der Waals surface area contributed by atoms with Gasteiger partial charge in [-0.05, 0) is 37.6 Å². The lowest BCUT2D eigenvalue weighted by atomic mass is 10.1. The van der Waals surface area contributed by atoms with Gasteiger partial charge in [0, 0.05) is 0 Å². The monoisotopic (exact) mass is 275 g/mol. The van der Waals surface area contributed by atoms with Crippen LogP contribution < -0.4 is 10.1 Å². The topological polar surface area (TPSA) is 60.2 Å². The highest BCUT2D eigenvalue weighted by Gasteiger charge is 2.13. The second kappa shape index (κ2) is 7.05. The standard InChI is InChI=1S/C15H21N3O2/c1-4-9-16-11(2)15-18-17-14(20-15)10-12-5-7-13(19-3)8-6-12/h5-8,11,16H,4,9-10H2,1-3H3. The van der Waals surface area contributed by atoms with E-state index in [-0.39, 0.29) is 6.04 Å². The summed E-state index contributed by atoms with van der Waals surface area (Å²) in [6, 6.07) is 7.95. The minimum atomic E-state index is 0.0899. The Morgan fingerprint density at radius 3 is 2.65 bits per heavy atom. The Morgan fingerprint density at radius 2 is 2.00 bits per heavy atom. The van der Waals surface area contributed by atoms with Gasteiger partial charge in [0.15, 0.2) is 0 Å². The molecule has 1 atom stereocenters. The first-order valence-electron chi connectivity index (χ1n) is 6.91. The molecule has 0 saturated carbocycles. The molecule has 0 aliphatic rings. The number of nitrogens with one attached hydrogen (secondary N) is 1. The molecule has 1 N–H and O–H groups in total. The highest BCUT2D eigenvalue weighted by molar-refractivity contribution is 5.28. The van der Waals surface area contributed by atoms with Crippen molar-refractivity contribution in [1.29, 1.82) is 0 Å². The van der Waals surface area contributed by atoms with E-state index in [0.717, 1.165) is 24.3 Å². The fourth-order valence-corrected chi connectivity index (χ4v) is 1.88. The fraction of sp³-hybridized carbons (Fsp3) is 0.467. The molecular weight excluding hydrogens is 254 g/mol. The zero-order valence-electron chi connectivity index (χ0n) is 12.2. The molecule has 1 unspecified atom stereocenters. The quantitative estimate of drug-likeness (QED) is 0.842. The third kappa shape index (κ3) is 3.81. The Labute approximate surface area is 119 Å². The summed E-state index contributed by atoms with van der Waals surface area (Å²) in [4.78, 5) is 0. The molecule has 2 aromatic rings. The number of benzene rings is 1. The largest absolute Gasteiger partial charge is 0.497 e. The molecule has 0 radical (unpaired) electrons. The summed E-state index contributed by atoms with van der Waals surface area (Å²) in [7, 11) is 1.66. The van der Waals surface area contributed by atoms with Crippen LogP contribution in [0.5, 0.6) is 5.75 Å². The summed E-state index contributed by atoms with van der Waals surface area (Å²) in [6.07, 6.45) is 1.72. The number of nitrogens with zero attached hydrogens (tertiary/aromatic N) is 2. The summed E-state index contributed by atoms with van der Waals surface area (Å²) in [6.45, 7) is 5.10. The van der Waals surface area contributed by atoms with Gasteiger partial charge in [-0.25, -0.2) is 0 Å². The minimum absolute atomic E-state index is 0.0899. The highest BCUT2D eigenvalue weighted by Crippen LogP contribution is 2.16. The van der Waals surface area contributed by atoms with Crippen molar-refractivity contribution in [2.24, 2.45) is 0 Å². The van der Waals surface area contributed by atoms with Gasteiger partial charge in [-0.1, -0.05) is 19.1 Å². The number of ether oxygens (including phenoxy) is 1. The van der Waals surface area contributed by atoms with Crippen LogP contribution in [0.15, 0.2) is 28.7 Å². The fourth-order valence-electron chi connectivity index (χ4n) is 1.88. The number of methoxy groups -OCH3 is 1. The van der Waals surface area contributed by atoms with Crippen LogP contribution in [0.3, 0.4) is 0 Å². The van der Waals surface area contributed by atoms with E-state index in [0.29, 0.717) is 18.2 Å². The van der Waals surface area contributed by atoms with Crippen molar-refractivity contribution in [2.75, 3.05) is 13.7 Å². The van der Waals surface area contributed by atoms with E-state index in [2.05, 4.69) is 22.4 Å². The van der Waals surface area contributed by atoms with Crippen molar-refractivity contribution in [3.05, 3.63) is 41.6 Å². The van der Waals surface area contributed by atoms with Crippen molar-refractivity contribution in [1.82, 2.24) is 15.5 Å². The molecule has 0 saturated heterocycles. The number of hydrogen-bond donors (Lipinski definition) is 1. The summed E-state index contributed by atoms with van der Waals surface area (Å²) in [5.41, 5.74) is 1.12. The van der Waals surface area contributed by atoms with Crippen LogP contribution in [0.1, 0.15) is 43.7 Å². The molecule has 1 aromatic carbocycles.